The van der Waals surface area contributed by atoms with E-state index in [0.29, 0.717) is 0 Å². The van der Waals surface area contributed by atoms with Crippen LogP contribution >= 0.6 is 0 Å². The number of nitrogens with one attached hydrogen (secondary N) is 1. The quantitative estimate of drug-likeness (QED) is 0.479. The van der Waals surface area contributed by atoms with Gasteiger partial charge in [-0.05, 0) is 54.2 Å². The normalized spacial score (nSPS) is 17.1. The molecule has 2 aromatic carbocycles. The standard InChI is InChI=1S/C25H27N6/c1-16-12-23(24-28-20-8-6-18(25(3,4)5)14-21(20)29-24)30(15-16)22-9-7-19(13-17(22)2)31-26-10-11-27-31/h6-11,14,23H,1,12,15H2,2-5H3,(H,28,29)/t23-/m0/s1. The third-order valence-corrected chi connectivity index (χ3v) is 5.98. The SMILES string of the molecule is C=C1C[C@@H](c2nc3cc(C(C)(C)C)ccc3[nH]2)N(c2ccc(-n3nccn3)[c]c2C)C1. The van der Waals surface area contributed by atoms with Crippen LogP contribution in [0, 0.1) is 13.0 Å². The fraction of sp³-hybridized carbons (Fsp3) is 0.320. The average Bonchev–Trinajstić information content (AvgIpc) is 3.45. The zero-order valence-corrected chi connectivity index (χ0v) is 18.5. The maximum atomic E-state index is 4.99. The molecule has 6 heteroatoms. The minimum atomic E-state index is 0.0963. The average molecular weight is 412 g/mol. The second kappa shape index (κ2) is 7.08. The molecule has 1 saturated heterocycles. The van der Waals surface area contributed by atoms with Crippen molar-refractivity contribution in [3.05, 3.63) is 77.9 Å². The van der Waals surface area contributed by atoms with Crippen LogP contribution < -0.4 is 4.90 Å². The van der Waals surface area contributed by atoms with Gasteiger partial charge in [-0.15, -0.1) is 0 Å². The number of fused-ring (bicyclic) bond motifs is 1. The highest BCUT2D eigenvalue weighted by Crippen LogP contribution is 2.39. The van der Waals surface area contributed by atoms with Crippen molar-refractivity contribution in [1.29, 1.82) is 0 Å². The number of aromatic nitrogens is 5. The van der Waals surface area contributed by atoms with E-state index in [-0.39, 0.29) is 11.5 Å². The highest BCUT2D eigenvalue weighted by atomic mass is 15.5. The van der Waals surface area contributed by atoms with Crippen molar-refractivity contribution in [2.45, 2.75) is 45.6 Å². The van der Waals surface area contributed by atoms with Gasteiger partial charge < -0.3 is 9.88 Å². The summed E-state index contributed by atoms with van der Waals surface area (Å²) in [5, 5.41) is 8.42. The van der Waals surface area contributed by atoms with Crippen LogP contribution in [0.2, 0.25) is 0 Å². The fourth-order valence-electron chi connectivity index (χ4n) is 4.30. The van der Waals surface area contributed by atoms with E-state index in [9.17, 15) is 0 Å². The molecule has 1 N–H and O–H groups in total. The summed E-state index contributed by atoms with van der Waals surface area (Å²) in [4.78, 5) is 12.5. The van der Waals surface area contributed by atoms with E-state index >= 15 is 0 Å². The maximum Gasteiger partial charge on any atom is 0.130 e. The Bertz CT molecular complexity index is 1260. The molecule has 6 nitrogen and oxygen atoms in total. The van der Waals surface area contributed by atoms with E-state index in [2.05, 4.69) is 84.7 Å². The number of rotatable bonds is 3. The molecule has 2 aromatic heterocycles. The number of aromatic amines is 1. The van der Waals surface area contributed by atoms with Crippen LogP contribution in [0.15, 0.2) is 54.9 Å². The first-order valence-electron chi connectivity index (χ1n) is 10.6. The minimum absolute atomic E-state index is 0.0963. The molecular formula is C25H27N6. The lowest BCUT2D eigenvalue weighted by atomic mass is 9.87. The molecule has 0 amide bonds. The molecule has 1 atom stereocenters. The first-order chi connectivity index (χ1) is 14.8. The predicted octanol–water partition coefficient (Wildman–Crippen LogP) is 5.06. The van der Waals surface area contributed by atoms with Crippen LogP contribution in [0.5, 0.6) is 0 Å². The van der Waals surface area contributed by atoms with Crippen molar-refractivity contribution in [3.8, 4) is 5.69 Å². The Labute approximate surface area is 182 Å². The minimum Gasteiger partial charge on any atom is -0.357 e. The molecule has 1 aliphatic rings. The largest absolute Gasteiger partial charge is 0.357 e. The molecule has 157 valence electrons. The van der Waals surface area contributed by atoms with Crippen molar-refractivity contribution >= 4 is 16.7 Å². The van der Waals surface area contributed by atoms with Crippen LogP contribution in [0.3, 0.4) is 0 Å². The van der Waals surface area contributed by atoms with Gasteiger partial charge in [0.25, 0.3) is 0 Å². The zero-order valence-electron chi connectivity index (χ0n) is 18.5. The van der Waals surface area contributed by atoms with Crippen LogP contribution in [-0.2, 0) is 5.41 Å². The van der Waals surface area contributed by atoms with Crippen LogP contribution in [0.1, 0.15) is 50.2 Å². The third kappa shape index (κ3) is 3.52. The topological polar surface area (TPSA) is 62.6 Å². The summed E-state index contributed by atoms with van der Waals surface area (Å²) in [7, 11) is 0. The first-order valence-corrected chi connectivity index (χ1v) is 10.6. The fourth-order valence-corrected chi connectivity index (χ4v) is 4.30. The van der Waals surface area contributed by atoms with Gasteiger partial charge in [0, 0.05) is 18.3 Å². The molecule has 0 aliphatic carbocycles. The summed E-state index contributed by atoms with van der Waals surface area (Å²) in [6.45, 7) is 13.8. The van der Waals surface area contributed by atoms with E-state index in [4.69, 9.17) is 4.98 Å². The Kier molecular flexibility index (Phi) is 4.46. The molecule has 0 saturated carbocycles. The summed E-state index contributed by atoms with van der Waals surface area (Å²) in [5.41, 5.74) is 7.71. The lowest BCUT2D eigenvalue weighted by Gasteiger charge is -2.26. The van der Waals surface area contributed by atoms with Gasteiger partial charge in [-0.3, -0.25) is 0 Å². The third-order valence-electron chi connectivity index (χ3n) is 5.98. The van der Waals surface area contributed by atoms with Crippen molar-refractivity contribution in [1.82, 2.24) is 25.0 Å². The van der Waals surface area contributed by atoms with Crippen LogP contribution in [0.4, 0.5) is 5.69 Å². The molecule has 3 heterocycles. The molecule has 5 rings (SSSR count). The number of benzene rings is 2. The first kappa shape index (κ1) is 19.5. The highest BCUT2D eigenvalue weighted by molar-refractivity contribution is 5.76. The summed E-state index contributed by atoms with van der Waals surface area (Å²) in [6, 6.07) is 14.2. The molecule has 1 radical (unpaired) electrons. The number of hydrogen-bond acceptors (Lipinski definition) is 4. The van der Waals surface area contributed by atoms with E-state index < -0.39 is 0 Å². The smallest absolute Gasteiger partial charge is 0.130 e. The van der Waals surface area contributed by atoms with Gasteiger partial charge in [0.1, 0.15) is 5.82 Å². The van der Waals surface area contributed by atoms with Gasteiger partial charge >= 0.3 is 0 Å². The number of nitrogens with zero attached hydrogens (tertiary/aromatic N) is 5. The van der Waals surface area contributed by atoms with Crippen LogP contribution in [-0.4, -0.2) is 31.5 Å². The second-order valence-corrected chi connectivity index (χ2v) is 9.37. The monoisotopic (exact) mass is 411 g/mol. The second-order valence-electron chi connectivity index (χ2n) is 9.37. The highest BCUT2D eigenvalue weighted by Gasteiger charge is 2.32. The molecule has 31 heavy (non-hydrogen) atoms. The van der Waals surface area contributed by atoms with E-state index in [1.807, 2.05) is 6.07 Å². The number of hydrogen-bond donors (Lipinski definition) is 1. The van der Waals surface area contributed by atoms with Gasteiger partial charge in [-0.1, -0.05) is 39.0 Å². The van der Waals surface area contributed by atoms with Crippen molar-refractivity contribution in [2.24, 2.45) is 0 Å². The van der Waals surface area contributed by atoms with Crippen molar-refractivity contribution in [2.75, 3.05) is 11.4 Å². The number of anilines is 1. The van der Waals surface area contributed by atoms with E-state index in [1.54, 1.807) is 17.2 Å². The van der Waals surface area contributed by atoms with Crippen molar-refractivity contribution < 1.29 is 0 Å². The molecule has 0 bridgehead atoms. The van der Waals surface area contributed by atoms with Crippen molar-refractivity contribution in [3.63, 3.8) is 0 Å². The molecule has 1 aliphatic heterocycles. The predicted molar refractivity (Wildman–Crippen MR) is 124 cm³/mol. The van der Waals surface area contributed by atoms with Crippen LogP contribution in [0.25, 0.3) is 16.7 Å². The molecule has 0 spiro atoms. The summed E-state index contributed by atoms with van der Waals surface area (Å²) in [5.74, 6) is 0.983. The molecule has 0 unspecified atom stereocenters. The Morgan fingerprint density at radius 1 is 1.13 bits per heavy atom. The zero-order chi connectivity index (χ0) is 21.8. The Morgan fingerprint density at radius 2 is 1.90 bits per heavy atom. The summed E-state index contributed by atoms with van der Waals surface area (Å²) >= 11 is 0. The number of aryl methyl sites for hydroxylation is 1. The lowest BCUT2D eigenvalue weighted by Crippen LogP contribution is -2.24. The number of imidazole rings is 1. The van der Waals surface area contributed by atoms with Gasteiger partial charge in [-0.25, -0.2) is 4.98 Å². The van der Waals surface area contributed by atoms with Gasteiger partial charge in [-0.2, -0.15) is 15.0 Å². The maximum absolute atomic E-state index is 4.99. The van der Waals surface area contributed by atoms with E-state index in [1.165, 1.54) is 11.1 Å². The van der Waals surface area contributed by atoms with Gasteiger partial charge in [0.05, 0.1) is 35.2 Å². The lowest BCUT2D eigenvalue weighted by molar-refractivity contribution is 0.591. The molecular weight excluding hydrogens is 384 g/mol. The molecule has 4 aromatic rings. The number of H-pyrrole nitrogens is 1. The Balaban J connectivity index is 1.51. The molecule has 1 fully saturated rings. The van der Waals surface area contributed by atoms with E-state index in [0.717, 1.165) is 46.8 Å². The Hall–Kier alpha value is -3.41. The summed E-state index contributed by atoms with van der Waals surface area (Å²) in [6.07, 6.45) is 4.22. The van der Waals surface area contributed by atoms with Gasteiger partial charge in [0.15, 0.2) is 0 Å². The Morgan fingerprint density at radius 3 is 2.61 bits per heavy atom. The van der Waals surface area contributed by atoms with Gasteiger partial charge in [0.2, 0.25) is 0 Å². The summed E-state index contributed by atoms with van der Waals surface area (Å²) < 4.78 is 0.